The third-order valence-corrected chi connectivity index (χ3v) is 5.79. The highest BCUT2D eigenvalue weighted by Crippen LogP contribution is 2.19. The van der Waals surface area contributed by atoms with E-state index in [1.54, 1.807) is 0 Å². The molecule has 1 aromatic rings. The number of aryl methyl sites for hydroxylation is 1. The zero-order chi connectivity index (χ0) is 17.8. The minimum absolute atomic E-state index is 0.0872. The van der Waals surface area contributed by atoms with Gasteiger partial charge < -0.3 is 10.2 Å². The summed E-state index contributed by atoms with van der Waals surface area (Å²) in [5, 5.41) is 3.09. The van der Waals surface area contributed by atoms with E-state index in [9.17, 15) is 4.79 Å². The molecular weight excluding hydrogens is 312 g/mol. The van der Waals surface area contributed by atoms with Crippen LogP contribution in [0.2, 0.25) is 0 Å². The van der Waals surface area contributed by atoms with Crippen LogP contribution in [-0.4, -0.2) is 79.0 Å². The highest BCUT2D eigenvalue weighted by Gasteiger charge is 2.30. The molecule has 2 saturated heterocycles. The maximum atomic E-state index is 12.6. The van der Waals surface area contributed by atoms with E-state index in [2.05, 4.69) is 27.1 Å². The molecule has 5 nitrogen and oxygen atoms in total. The molecule has 0 aromatic heterocycles. The summed E-state index contributed by atoms with van der Waals surface area (Å²) in [5.41, 5.74) is 2.03. The number of anilines is 1. The average molecular weight is 345 g/mol. The van der Waals surface area contributed by atoms with Crippen molar-refractivity contribution in [3.63, 3.8) is 0 Å². The van der Waals surface area contributed by atoms with Gasteiger partial charge in [-0.05, 0) is 51.9 Å². The molecule has 2 heterocycles. The van der Waals surface area contributed by atoms with Crippen molar-refractivity contribution in [1.29, 1.82) is 0 Å². The molecule has 2 aliphatic heterocycles. The third-order valence-electron chi connectivity index (χ3n) is 5.79. The van der Waals surface area contributed by atoms with Crippen molar-refractivity contribution >= 4 is 11.6 Å². The van der Waals surface area contributed by atoms with Gasteiger partial charge in [0.05, 0.1) is 6.04 Å². The number of rotatable bonds is 4. The smallest absolute Gasteiger partial charge is 0.241 e. The van der Waals surface area contributed by atoms with E-state index in [1.807, 2.05) is 38.1 Å². The lowest BCUT2D eigenvalue weighted by Gasteiger charge is -2.43. The van der Waals surface area contributed by atoms with Crippen molar-refractivity contribution in [2.45, 2.75) is 38.8 Å². The lowest BCUT2D eigenvalue weighted by Crippen LogP contribution is -2.57. The summed E-state index contributed by atoms with van der Waals surface area (Å²) in [5.74, 6) is 0.0974. The highest BCUT2D eigenvalue weighted by molar-refractivity contribution is 5.95. The van der Waals surface area contributed by atoms with Crippen LogP contribution in [0.4, 0.5) is 5.69 Å². The first-order valence-electron chi connectivity index (χ1n) is 9.57. The van der Waals surface area contributed by atoms with Gasteiger partial charge in [0.25, 0.3) is 0 Å². The quantitative estimate of drug-likeness (QED) is 0.907. The van der Waals surface area contributed by atoms with Gasteiger partial charge in [0.2, 0.25) is 5.91 Å². The van der Waals surface area contributed by atoms with Crippen LogP contribution in [0.3, 0.4) is 0 Å². The Kier molecular flexibility index (Phi) is 6.10. The first kappa shape index (κ1) is 18.4. The topological polar surface area (TPSA) is 38.8 Å². The van der Waals surface area contributed by atoms with Gasteiger partial charge in [0.1, 0.15) is 0 Å². The van der Waals surface area contributed by atoms with Crippen molar-refractivity contribution in [2.24, 2.45) is 0 Å². The minimum Gasteiger partial charge on any atom is -0.324 e. The molecule has 3 rings (SSSR count). The summed E-state index contributed by atoms with van der Waals surface area (Å²) < 4.78 is 0. The second kappa shape index (κ2) is 8.30. The molecule has 1 N–H and O–H groups in total. The summed E-state index contributed by atoms with van der Waals surface area (Å²) in [6, 6.07) is 8.56. The maximum absolute atomic E-state index is 12.6. The predicted octanol–water partition coefficient (Wildman–Crippen LogP) is 2.03. The molecule has 2 atom stereocenters. The second-order valence-corrected chi connectivity index (χ2v) is 7.61. The lowest BCUT2D eigenvalue weighted by molar-refractivity contribution is -0.121. The van der Waals surface area contributed by atoms with Crippen LogP contribution in [0, 0.1) is 6.92 Å². The van der Waals surface area contributed by atoms with Crippen molar-refractivity contribution < 1.29 is 4.79 Å². The number of piperazine rings is 1. The van der Waals surface area contributed by atoms with Crippen LogP contribution in [0.15, 0.2) is 24.3 Å². The first-order chi connectivity index (χ1) is 12.0. The molecule has 138 valence electrons. The standard InChI is InChI=1S/C20H32N4O/c1-16-7-4-5-9-19(16)21-20(25)17(2)23-11-13-24(14-12-23)18-8-6-10-22(3)15-18/h4-5,7,9,17-18H,6,8,10-15H2,1-3H3,(H,21,25). The molecule has 0 bridgehead atoms. The Morgan fingerprint density at radius 2 is 1.88 bits per heavy atom. The highest BCUT2D eigenvalue weighted by atomic mass is 16.2. The number of hydrogen-bond acceptors (Lipinski definition) is 4. The van der Waals surface area contributed by atoms with E-state index in [4.69, 9.17) is 0 Å². The summed E-state index contributed by atoms with van der Waals surface area (Å²) in [6.45, 7) is 10.6. The number of para-hydroxylation sites is 1. The number of likely N-dealkylation sites (N-methyl/N-ethyl adjacent to an activating group) is 1. The molecule has 0 aliphatic carbocycles. The molecule has 2 unspecified atom stereocenters. The largest absolute Gasteiger partial charge is 0.324 e. The monoisotopic (exact) mass is 344 g/mol. The number of amides is 1. The molecule has 0 saturated carbocycles. The maximum Gasteiger partial charge on any atom is 0.241 e. The van der Waals surface area contributed by atoms with Crippen molar-refractivity contribution in [3.05, 3.63) is 29.8 Å². The molecule has 25 heavy (non-hydrogen) atoms. The van der Waals surface area contributed by atoms with E-state index >= 15 is 0 Å². The van der Waals surface area contributed by atoms with Crippen molar-refractivity contribution in [3.8, 4) is 0 Å². The average Bonchev–Trinajstić information content (AvgIpc) is 2.63. The van der Waals surface area contributed by atoms with Crippen LogP contribution >= 0.6 is 0 Å². The van der Waals surface area contributed by atoms with Gasteiger partial charge in [-0.3, -0.25) is 14.6 Å². The van der Waals surface area contributed by atoms with E-state index in [-0.39, 0.29) is 11.9 Å². The minimum atomic E-state index is -0.0872. The van der Waals surface area contributed by atoms with Gasteiger partial charge in [-0.25, -0.2) is 0 Å². The molecule has 2 aliphatic rings. The van der Waals surface area contributed by atoms with E-state index < -0.39 is 0 Å². The Hall–Kier alpha value is -1.43. The van der Waals surface area contributed by atoms with Gasteiger partial charge in [0, 0.05) is 44.5 Å². The third kappa shape index (κ3) is 4.60. The van der Waals surface area contributed by atoms with Crippen LogP contribution in [0.5, 0.6) is 0 Å². The Balaban J connectivity index is 1.50. The van der Waals surface area contributed by atoms with Crippen LogP contribution < -0.4 is 5.32 Å². The number of likely N-dealkylation sites (tertiary alicyclic amines) is 1. The summed E-state index contributed by atoms with van der Waals surface area (Å²) in [6.07, 6.45) is 2.62. The number of benzene rings is 1. The zero-order valence-electron chi connectivity index (χ0n) is 15.9. The van der Waals surface area contributed by atoms with E-state index in [1.165, 1.54) is 25.9 Å². The Labute approximate surface area is 152 Å². The number of piperidine rings is 1. The van der Waals surface area contributed by atoms with Crippen LogP contribution in [0.1, 0.15) is 25.3 Å². The number of nitrogens with one attached hydrogen (secondary N) is 1. The van der Waals surface area contributed by atoms with Crippen molar-refractivity contribution in [1.82, 2.24) is 14.7 Å². The summed E-state index contributed by atoms with van der Waals surface area (Å²) >= 11 is 0. The van der Waals surface area contributed by atoms with Crippen molar-refractivity contribution in [2.75, 3.05) is 51.6 Å². The van der Waals surface area contributed by atoms with Gasteiger partial charge >= 0.3 is 0 Å². The normalized spacial score (nSPS) is 24.8. The SMILES string of the molecule is Cc1ccccc1NC(=O)C(C)N1CCN(C2CCCN(C)C2)CC1. The number of hydrogen-bond donors (Lipinski definition) is 1. The molecular formula is C20H32N4O. The fourth-order valence-corrected chi connectivity index (χ4v) is 4.04. The Bertz CT molecular complexity index is 583. The second-order valence-electron chi connectivity index (χ2n) is 7.61. The predicted molar refractivity (Wildman–Crippen MR) is 103 cm³/mol. The first-order valence-corrected chi connectivity index (χ1v) is 9.57. The van der Waals surface area contributed by atoms with Gasteiger partial charge in [0.15, 0.2) is 0 Å². The molecule has 0 radical (unpaired) electrons. The molecule has 1 aromatic carbocycles. The number of carbonyl (C=O) groups excluding carboxylic acids is 1. The summed E-state index contributed by atoms with van der Waals surface area (Å²) in [4.78, 5) is 20.0. The van der Waals surface area contributed by atoms with E-state index in [0.717, 1.165) is 37.4 Å². The number of carbonyl (C=O) groups is 1. The van der Waals surface area contributed by atoms with Gasteiger partial charge in [-0.2, -0.15) is 0 Å². The zero-order valence-corrected chi connectivity index (χ0v) is 15.9. The fourth-order valence-electron chi connectivity index (χ4n) is 4.04. The molecule has 1 amide bonds. The van der Waals surface area contributed by atoms with Crippen LogP contribution in [-0.2, 0) is 4.79 Å². The Morgan fingerprint density at radius 1 is 1.16 bits per heavy atom. The molecule has 2 fully saturated rings. The fraction of sp³-hybridized carbons (Fsp3) is 0.650. The van der Waals surface area contributed by atoms with Gasteiger partial charge in [-0.1, -0.05) is 18.2 Å². The number of nitrogens with zero attached hydrogens (tertiary/aromatic N) is 3. The van der Waals surface area contributed by atoms with Gasteiger partial charge in [-0.15, -0.1) is 0 Å². The van der Waals surface area contributed by atoms with E-state index in [0.29, 0.717) is 6.04 Å². The molecule has 5 heteroatoms. The molecule has 0 spiro atoms. The van der Waals surface area contributed by atoms with Crippen LogP contribution in [0.25, 0.3) is 0 Å². The Morgan fingerprint density at radius 3 is 2.56 bits per heavy atom. The summed E-state index contributed by atoms with van der Waals surface area (Å²) in [7, 11) is 2.22. The lowest BCUT2D eigenvalue weighted by atomic mass is 10.0.